The Balaban J connectivity index is 0. The summed E-state index contributed by atoms with van der Waals surface area (Å²) in [4.78, 5) is 0. The Labute approximate surface area is 71.8 Å². The van der Waals surface area contributed by atoms with Gasteiger partial charge in [0, 0.05) is 6.61 Å². The monoisotopic (exact) mass is 160 g/mol. The molecule has 1 nitrogen and oxygen atoms in total. The smallest absolute Gasteiger partial charge is 0.0431 e. The van der Waals surface area contributed by atoms with Crippen LogP contribution in [0.2, 0.25) is 0 Å². The van der Waals surface area contributed by atoms with Crippen molar-refractivity contribution in [3.05, 3.63) is 0 Å². The minimum atomic E-state index is 0.361. The molecule has 0 aliphatic rings. The number of aliphatic hydroxyl groups is 1. The first-order chi connectivity index (χ1) is 5.15. The van der Waals surface area contributed by atoms with Crippen LogP contribution in [0.4, 0.5) is 0 Å². The number of hydrogen-bond donors (Lipinski definition) is 1. The normalized spacial score (nSPS) is 9.27. The number of hydrogen-bond acceptors (Lipinski definition) is 1. The molecule has 0 radical (unpaired) electrons. The van der Waals surface area contributed by atoms with E-state index in [-0.39, 0.29) is 0 Å². The van der Waals surface area contributed by atoms with Crippen molar-refractivity contribution in [3.63, 3.8) is 0 Å². The Kier molecular flexibility index (Phi) is 15.5. The average molecular weight is 160 g/mol. The largest absolute Gasteiger partial charge is 0.396 e. The molecule has 0 aromatic heterocycles. The molecule has 0 spiro atoms. The summed E-state index contributed by atoms with van der Waals surface area (Å²) >= 11 is 0. The van der Waals surface area contributed by atoms with Gasteiger partial charge in [0.2, 0.25) is 0 Å². The molecule has 11 heavy (non-hydrogen) atoms. The zero-order valence-corrected chi connectivity index (χ0v) is 8.56. The zero-order valence-electron chi connectivity index (χ0n) is 8.56. The molecule has 1 N–H and O–H groups in total. The van der Waals surface area contributed by atoms with E-state index < -0.39 is 0 Å². The molecule has 0 atom stereocenters. The van der Waals surface area contributed by atoms with Crippen molar-refractivity contribution < 1.29 is 5.11 Å². The highest BCUT2D eigenvalue weighted by Gasteiger charge is 1.80. The van der Waals surface area contributed by atoms with E-state index in [9.17, 15) is 0 Å². The van der Waals surface area contributed by atoms with Crippen LogP contribution in [0.3, 0.4) is 0 Å². The van der Waals surface area contributed by atoms with E-state index in [1.54, 1.807) is 0 Å². The molecule has 0 fully saturated rings. The number of unbranched alkanes of at least 4 members (excludes halogenated alkanes) is 3. The lowest BCUT2D eigenvalue weighted by Crippen LogP contribution is -1.80. The van der Waals surface area contributed by atoms with Gasteiger partial charge in [0.05, 0.1) is 0 Å². The Morgan fingerprint density at radius 2 is 1.45 bits per heavy atom. The standard InChI is InChI=1S/C6H14O.C4H10/c1-2-3-4-5-6-7;1-4(2)3/h7H,2-6H2,1H3;4H,1-3H3. The molecular weight excluding hydrogens is 136 g/mol. The second-order valence-corrected chi connectivity index (χ2v) is 3.52. The second kappa shape index (κ2) is 12.6. The quantitative estimate of drug-likeness (QED) is 0.626. The molecule has 0 amide bonds. The zero-order chi connectivity index (χ0) is 9.11. The lowest BCUT2D eigenvalue weighted by Gasteiger charge is -1.90. The van der Waals surface area contributed by atoms with Gasteiger partial charge in [-0.05, 0) is 12.3 Å². The van der Waals surface area contributed by atoms with Crippen LogP contribution in [0.25, 0.3) is 0 Å². The van der Waals surface area contributed by atoms with E-state index in [1.165, 1.54) is 19.3 Å². The summed E-state index contributed by atoms with van der Waals surface area (Å²) in [5.41, 5.74) is 0. The third-order valence-corrected chi connectivity index (χ3v) is 1.01. The minimum Gasteiger partial charge on any atom is -0.396 e. The maximum Gasteiger partial charge on any atom is 0.0431 e. The van der Waals surface area contributed by atoms with Crippen molar-refractivity contribution in [2.75, 3.05) is 6.61 Å². The highest BCUT2D eigenvalue weighted by atomic mass is 16.2. The van der Waals surface area contributed by atoms with Crippen molar-refractivity contribution in [1.29, 1.82) is 0 Å². The average Bonchev–Trinajstić information content (AvgIpc) is 1.88. The Morgan fingerprint density at radius 3 is 1.73 bits per heavy atom. The van der Waals surface area contributed by atoms with Gasteiger partial charge < -0.3 is 5.11 Å². The molecule has 0 aromatic carbocycles. The predicted octanol–water partition coefficient (Wildman–Crippen LogP) is 3.22. The third-order valence-electron chi connectivity index (χ3n) is 1.01. The van der Waals surface area contributed by atoms with Gasteiger partial charge in [-0.2, -0.15) is 0 Å². The molecule has 0 unspecified atom stereocenters. The first kappa shape index (κ1) is 13.5. The predicted molar refractivity (Wildman–Crippen MR) is 51.7 cm³/mol. The Hall–Kier alpha value is -0.0400. The summed E-state index contributed by atoms with van der Waals surface area (Å²) in [6, 6.07) is 0. The van der Waals surface area contributed by atoms with E-state index >= 15 is 0 Å². The topological polar surface area (TPSA) is 20.2 Å². The van der Waals surface area contributed by atoms with Crippen molar-refractivity contribution in [2.45, 2.75) is 53.4 Å². The van der Waals surface area contributed by atoms with Crippen LogP contribution in [0.5, 0.6) is 0 Å². The molecule has 1 heteroatoms. The SMILES string of the molecule is CC(C)C.CCCCCCO. The van der Waals surface area contributed by atoms with Crippen LogP contribution < -0.4 is 0 Å². The summed E-state index contributed by atoms with van der Waals surface area (Å²) in [7, 11) is 0. The highest BCUT2D eigenvalue weighted by molar-refractivity contribution is 4.35. The molecule has 70 valence electrons. The summed E-state index contributed by atoms with van der Waals surface area (Å²) in [6.07, 6.45) is 4.68. The Morgan fingerprint density at radius 1 is 1.00 bits per heavy atom. The van der Waals surface area contributed by atoms with Crippen molar-refractivity contribution in [3.8, 4) is 0 Å². The van der Waals surface area contributed by atoms with Crippen LogP contribution in [0.1, 0.15) is 53.4 Å². The molecule has 0 bridgehead atoms. The summed E-state index contributed by atoms with van der Waals surface area (Å²) in [5, 5.41) is 8.29. The van der Waals surface area contributed by atoms with Crippen LogP contribution in [-0.4, -0.2) is 11.7 Å². The molecule has 0 aliphatic carbocycles. The minimum absolute atomic E-state index is 0.361. The lowest BCUT2D eigenvalue weighted by molar-refractivity contribution is 0.283. The van der Waals surface area contributed by atoms with Crippen LogP contribution >= 0.6 is 0 Å². The fourth-order valence-electron chi connectivity index (χ4n) is 0.539. The Bertz CT molecular complexity index is 44.1. The third kappa shape index (κ3) is 40.2. The van der Waals surface area contributed by atoms with Crippen LogP contribution in [0.15, 0.2) is 0 Å². The van der Waals surface area contributed by atoms with Gasteiger partial charge >= 0.3 is 0 Å². The van der Waals surface area contributed by atoms with E-state index in [0.29, 0.717) is 6.61 Å². The van der Waals surface area contributed by atoms with Gasteiger partial charge in [-0.15, -0.1) is 0 Å². The van der Waals surface area contributed by atoms with E-state index in [2.05, 4.69) is 27.7 Å². The fourth-order valence-corrected chi connectivity index (χ4v) is 0.539. The maximum atomic E-state index is 8.29. The highest BCUT2D eigenvalue weighted by Crippen LogP contribution is 1.96. The second-order valence-electron chi connectivity index (χ2n) is 3.52. The molecule has 0 saturated heterocycles. The summed E-state index contributed by atoms with van der Waals surface area (Å²) in [5.74, 6) is 0.833. The first-order valence-corrected chi connectivity index (χ1v) is 4.76. The maximum absolute atomic E-state index is 8.29. The molecule has 0 aliphatic heterocycles. The molecule has 0 rings (SSSR count). The molecular formula is C10H24O. The van der Waals surface area contributed by atoms with E-state index in [0.717, 1.165) is 12.3 Å². The van der Waals surface area contributed by atoms with E-state index in [1.807, 2.05) is 0 Å². The number of aliphatic hydroxyl groups excluding tert-OH is 1. The van der Waals surface area contributed by atoms with Crippen LogP contribution in [0, 0.1) is 5.92 Å². The van der Waals surface area contributed by atoms with Gasteiger partial charge in [-0.25, -0.2) is 0 Å². The van der Waals surface area contributed by atoms with Gasteiger partial charge in [0.1, 0.15) is 0 Å². The molecule has 0 heterocycles. The van der Waals surface area contributed by atoms with Gasteiger partial charge in [0.25, 0.3) is 0 Å². The summed E-state index contributed by atoms with van der Waals surface area (Å²) < 4.78 is 0. The first-order valence-electron chi connectivity index (χ1n) is 4.76. The van der Waals surface area contributed by atoms with Crippen molar-refractivity contribution >= 4 is 0 Å². The fraction of sp³-hybridized carbons (Fsp3) is 1.00. The lowest BCUT2D eigenvalue weighted by atomic mass is 10.2. The number of rotatable bonds is 4. The molecule has 0 saturated carbocycles. The molecule has 0 aromatic rings. The van der Waals surface area contributed by atoms with Gasteiger partial charge in [-0.3, -0.25) is 0 Å². The summed E-state index contributed by atoms with van der Waals surface area (Å²) in [6.45, 7) is 9.03. The van der Waals surface area contributed by atoms with Gasteiger partial charge in [0.15, 0.2) is 0 Å². The van der Waals surface area contributed by atoms with Crippen molar-refractivity contribution in [2.24, 2.45) is 5.92 Å². The van der Waals surface area contributed by atoms with Crippen LogP contribution in [-0.2, 0) is 0 Å². The van der Waals surface area contributed by atoms with Crippen molar-refractivity contribution in [1.82, 2.24) is 0 Å². The van der Waals surface area contributed by atoms with E-state index in [4.69, 9.17) is 5.11 Å². The van der Waals surface area contributed by atoms with Gasteiger partial charge in [-0.1, -0.05) is 47.0 Å².